The van der Waals surface area contributed by atoms with Crippen molar-refractivity contribution in [2.75, 3.05) is 25.0 Å². The molecule has 2 rings (SSSR count). The van der Waals surface area contributed by atoms with Crippen molar-refractivity contribution < 1.29 is 9.90 Å². The number of carboxylic acids is 1. The van der Waals surface area contributed by atoms with Gasteiger partial charge in [0.2, 0.25) is 5.95 Å². The lowest BCUT2D eigenvalue weighted by molar-refractivity contribution is -0.135. The summed E-state index contributed by atoms with van der Waals surface area (Å²) < 4.78 is 0. The third-order valence-corrected chi connectivity index (χ3v) is 3.25. The average molecular weight is 250 g/mol. The van der Waals surface area contributed by atoms with Crippen LogP contribution in [0.3, 0.4) is 0 Å². The molecule has 1 saturated heterocycles. The fraction of sp³-hybridized carbons (Fsp3) is 0.583. The van der Waals surface area contributed by atoms with Crippen molar-refractivity contribution in [1.29, 1.82) is 0 Å². The minimum absolute atomic E-state index is 0.0947. The highest BCUT2D eigenvalue weighted by atomic mass is 16.4. The second-order valence-electron chi connectivity index (χ2n) is 4.75. The number of rotatable bonds is 5. The predicted molar refractivity (Wildman–Crippen MR) is 67.4 cm³/mol. The molecule has 6 heteroatoms. The first-order valence-electron chi connectivity index (χ1n) is 6.04. The molecule has 1 aliphatic heterocycles. The van der Waals surface area contributed by atoms with E-state index in [0.717, 1.165) is 18.7 Å². The molecule has 0 amide bonds. The van der Waals surface area contributed by atoms with Crippen LogP contribution in [0.5, 0.6) is 0 Å². The fourth-order valence-electron chi connectivity index (χ4n) is 1.94. The van der Waals surface area contributed by atoms with Crippen molar-refractivity contribution in [3.8, 4) is 0 Å². The largest absolute Gasteiger partial charge is 0.480 e. The number of likely N-dealkylation sites (N-methyl/N-ethyl adjacent to an activating group) is 1. The first-order valence-corrected chi connectivity index (χ1v) is 6.04. The van der Waals surface area contributed by atoms with Crippen molar-refractivity contribution in [2.45, 2.75) is 25.9 Å². The minimum Gasteiger partial charge on any atom is -0.480 e. The molecule has 1 atom stereocenters. The number of carbonyl (C=O) groups is 1. The summed E-state index contributed by atoms with van der Waals surface area (Å²) in [6.45, 7) is 4.10. The van der Waals surface area contributed by atoms with Crippen LogP contribution in [0.25, 0.3) is 0 Å². The molecule has 1 aliphatic rings. The Labute approximate surface area is 106 Å². The van der Waals surface area contributed by atoms with Gasteiger partial charge in [-0.3, -0.25) is 9.69 Å². The summed E-state index contributed by atoms with van der Waals surface area (Å²) >= 11 is 0. The number of likely N-dealkylation sites (tertiary alicyclic amines) is 1. The Morgan fingerprint density at radius 3 is 2.67 bits per heavy atom. The highest BCUT2D eigenvalue weighted by Crippen LogP contribution is 2.19. The number of hydrogen-bond acceptors (Lipinski definition) is 5. The van der Waals surface area contributed by atoms with E-state index < -0.39 is 5.97 Å². The summed E-state index contributed by atoms with van der Waals surface area (Å²) in [4.78, 5) is 22.8. The first-order chi connectivity index (χ1) is 8.56. The number of anilines is 1. The second-order valence-corrected chi connectivity index (χ2v) is 4.75. The Morgan fingerprint density at radius 2 is 2.22 bits per heavy atom. The second kappa shape index (κ2) is 5.30. The summed E-state index contributed by atoms with van der Waals surface area (Å²) in [7, 11) is 1.67. The van der Waals surface area contributed by atoms with Crippen molar-refractivity contribution in [3.05, 3.63) is 18.0 Å². The van der Waals surface area contributed by atoms with Crippen molar-refractivity contribution >= 4 is 11.9 Å². The lowest BCUT2D eigenvalue weighted by Gasteiger charge is -2.38. The Morgan fingerprint density at radius 1 is 1.56 bits per heavy atom. The molecule has 6 nitrogen and oxygen atoms in total. The number of hydrogen-bond donors (Lipinski definition) is 1. The summed E-state index contributed by atoms with van der Waals surface area (Å²) in [5.41, 5.74) is 1.06. The Hall–Kier alpha value is -1.69. The van der Waals surface area contributed by atoms with Crippen LogP contribution in [-0.4, -0.2) is 52.1 Å². The predicted octanol–water partition coefficient (Wildman–Crippen LogP) is 0.592. The van der Waals surface area contributed by atoms with Crippen molar-refractivity contribution in [3.63, 3.8) is 0 Å². The van der Waals surface area contributed by atoms with Crippen LogP contribution >= 0.6 is 0 Å². The standard InChI is InChI=1S/C12H18N4O2/c1-9-3-4-16(9)7-10-5-13-12(14-6-10)15(2)8-11(17)18/h5-6,9H,3-4,7-8H2,1-2H3,(H,17,18)/t9-/m1/s1. The quantitative estimate of drug-likeness (QED) is 0.825. The Kier molecular flexibility index (Phi) is 3.76. The molecule has 0 aromatic carbocycles. The minimum atomic E-state index is -0.889. The van der Waals surface area contributed by atoms with E-state index in [1.807, 2.05) is 0 Å². The monoisotopic (exact) mass is 250 g/mol. The zero-order chi connectivity index (χ0) is 13.1. The molecule has 0 spiro atoms. The summed E-state index contributed by atoms with van der Waals surface area (Å²) in [5, 5.41) is 8.68. The highest BCUT2D eigenvalue weighted by molar-refractivity contribution is 5.72. The first kappa shape index (κ1) is 12.8. The number of nitrogens with zero attached hydrogens (tertiary/aromatic N) is 4. The van der Waals surface area contributed by atoms with Gasteiger partial charge in [-0.1, -0.05) is 0 Å². The summed E-state index contributed by atoms with van der Waals surface area (Å²) in [5.74, 6) is -0.447. The van der Waals surface area contributed by atoms with Crippen LogP contribution in [0.2, 0.25) is 0 Å². The van der Waals surface area contributed by atoms with E-state index in [4.69, 9.17) is 5.11 Å². The third-order valence-electron chi connectivity index (χ3n) is 3.25. The molecule has 1 aromatic rings. The van der Waals surface area contributed by atoms with Gasteiger partial charge in [-0.15, -0.1) is 0 Å². The molecule has 2 heterocycles. The lowest BCUT2D eigenvalue weighted by Crippen LogP contribution is -2.44. The van der Waals surface area contributed by atoms with E-state index in [-0.39, 0.29) is 6.54 Å². The topological polar surface area (TPSA) is 69.6 Å². The molecule has 0 aliphatic carbocycles. The summed E-state index contributed by atoms with van der Waals surface area (Å²) in [6, 6.07) is 0.638. The molecule has 1 aromatic heterocycles. The fourth-order valence-corrected chi connectivity index (χ4v) is 1.94. The SMILES string of the molecule is C[C@@H]1CCN1Cc1cnc(N(C)CC(=O)O)nc1. The molecule has 0 bridgehead atoms. The summed E-state index contributed by atoms with van der Waals surface area (Å²) in [6.07, 6.45) is 4.79. The van der Waals surface area contributed by atoms with Gasteiger partial charge in [0, 0.05) is 44.1 Å². The van der Waals surface area contributed by atoms with Crippen molar-refractivity contribution in [2.24, 2.45) is 0 Å². The molecule has 0 saturated carbocycles. The zero-order valence-corrected chi connectivity index (χ0v) is 10.7. The maximum Gasteiger partial charge on any atom is 0.323 e. The van der Waals surface area contributed by atoms with Gasteiger partial charge in [-0.2, -0.15) is 0 Å². The van der Waals surface area contributed by atoms with Crippen LogP contribution in [-0.2, 0) is 11.3 Å². The number of aliphatic carboxylic acids is 1. The van der Waals surface area contributed by atoms with Crippen LogP contribution < -0.4 is 4.90 Å². The van der Waals surface area contributed by atoms with Gasteiger partial charge in [0.05, 0.1) is 0 Å². The van der Waals surface area contributed by atoms with Crippen LogP contribution in [0.4, 0.5) is 5.95 Å². The van der Waals surface area contributed by atoms with Gasteiger partial charge in [0.1, 0.15) is 6.54 Å². The van der Waals surface area contributed by atoms with E-state index in [0.29, 0.717) is 12.0 Å². The smallest absolute Gasteiger partial charge is 0.323 e. The molecule has 18 heavy (non-hydrogen) atoms. The van der Waals surface area contributed by atoms with E-state index in [1.54, 1.807) is 19.4 Å². The zero-order valence-electron chi connectivity index (χ0n) is 10.7. The van der Waals surface area contributed by atoms with E-state index in [1.165, 1.54) is 11.3 Å². The van der Waals surface area contributed by atoms with Crippen molar-refractivity contribution in [1.82, 2.24) is 14.9 Å². The van der Waals surface area contributed by atoms with Gasteiger partial charge in [0.25, 0.3) is 0 Å². The third kappa shape index (κ3) is 2.95. The van der Waals surface area contributed by atoms with Gasteiger partial charge >= 0.3 is 5.97 Å². The van der Waals surface area contributed by atoms with E-state index in [2.05, 4.69) is 21.8 Å². The molecular formula is C12H18N4O2. The molecular weight excluding hydrogens is 232 g/mol. The average Bonchev–Trinajstić information content (AvgIpc) is 2.34. The molecule has 1 fully saturated rings. The van der Waals surface area contributed by atoms with Crippen LogP contribution in [0.1, 0.15) is 18.9 Å². The molecule has 98 valence electrons. The molecule has 0 unspecified atom stereocenters. The maximum absolute atomic E-state index is 10.6. The van der Waals surface area contributed by atoms with Crippen LogP contribution in [0, 0.1) is 0 Å². The number of carboxylic acid groups (broad SMARTS) is 1. The van der Waals surface area contributed by atoms with Crippen LogP contribution in [0.15, 0.2) is 12.4 Å². The molecule has 1 N–H and O–H groups in total. The normalized spacial score (nSPS) is 19.3. The van der Waals surface area contributed by atoms with E-state index in [9.17, 15) is 4.79 Å². The van der Waals surface area contributed by atoms with Gasteiger partial charge < -0.3 is 10.0 Å². The lowest BCUT2D eigenvalue weighted by atomic mass is 10.0. The van der Waals surface area contributed by atoms with E-state index >= 15 is 0 Å². The maximum atomic E-state index is 10.6. The van der Waals surface area contributed by atoms with Gasteiger partial charge in [-0.25, -0.2) is 9.97 Å². The van der Waals surface area contributed by atoms with Gasteiger partial charge in [-0.05, 0) is 13.3 Å². The number of aromatic nitrogens is 2. The Bertz CT molecular complexity index is 421. The molecule has 0 radical (unpaired) electrons. The highest BCUT2D eigenvalue weighted by Gasteiger charge is 2.23. The van der Waals surface area contributed by atoms with Gasteiger partial charge in [0.15, 0.2) is 0 Å². The Balaban J connectivity index is 1.94.